The molecule has 1 aromatic carbocycles. The molecule has 3 nitrogen and oxygen atoms in total. The van der Waals surface area contributed by atoms with E-state index >= 15 is 0 Å². The molecule has 0 aliphatic rings. The van der Waals surface area contributed by atoms with E-state index in [4.69, 9.17) is 16.3 Å². The molecule has 82 valence electrons. The first-order valence-electron chi connectivity index (χ1n) is 4.26. The third-order valence-corrected chi connectivity index (χ3v) is 2.42. The molecule has 0 saturated heterocycles. The highest BCUT2D eigenvalue weighted by molar-refractivity contribution is 9.10. The van der Waals surface area contributed by atoms with Crippen LogP contribution in [0.2, 0.25) is 5.02 Å². The summed E-state index contributed by atoms with van der Waals surface area (Å²) < 4.78 is 19.3. The lowest BCUT2D eigenvalue weighted by atomic mass is 10.3. The Balaban J connectivity index is 2.27. The largest absolute Gasteiger partial charge is 0.421 e. The Bertz CT molecular complexity index is 507. The summed E-state index contributed by atoms with van der Waals surface area (Å²) in [5, 5.41) is -0.00499. The lowest BCUT2D eigenvalue weighted by Gasteiger charge is -2.04. The Morgan fingerprint density at radius 2 is 1.94 bits per heavy atom. The minimum atomic E-state index is -0.629. The Morgan fingerprint density at radius 3 is 2.62 bits per heavy atom. The highest BCUT2D eigenvalue weighted by Crippen LogP contribution is 2.27. The molecule has 2 rings (SSSR count). The predicted molar refractivity (Wildman–Crippen MR) is 61.2 cm³/mol. The topological polar surface area (TPSA) is 35.0 Å². The number of aromatic nitrogens is 2. The summed E-state index contributed by atoms with van der Waals surface area (Å²) in [6.07, 6.45) is 3.01. The van der Waals surface area contributed by atoms with Crippen LogP contribution < -0.4 is 4.74 Å². The first-order valence-corrected chi connectivity index (χ1v) is 5.43. The van der Waals surface area contributed by atoms with Gasteiger partial charge < -0.3 is 4.74 Å². The van der Waals surface area contributed by atoms with Gasteiger partial charge in [-0.15, -0.1) is 0 Å². The normalized spacial score (nSPS) is 10.2. The Morgan fingerprint density at radius 1 is 1.25 bits per heavy atom. The van der Waals surface area contributed by atoms with E-state index in [2.05, 4.69) is 25.9 Å². The second-order valence-electron chi connectivity index (χ2n) is 2.84. The summed E-state index contributed by atoms with van der Waals surface area (Å²) in [6, 6.07) is 4.53. The van der Waals surface area contributed by atoms with E-state index in [1.165, 1.54) is 24.5 Å². The smallest absolute Gasteiger partial charge is 0.322 e. The fraction of sp³-hybridized carbons (Fsp3) is 0. The number of hydrogen-bond acceptors (Lipinski definition) is 3. The van der Waals surface area contributed by atoms with Crippen LogP contribution in [-0.2, 0) is 0 Å². The molecule has 0 N–H and O–H groups in total. The monoisotopic (exact) mass is 302 g/mol. The molecule has 0 bridgehead atoms. The number of rotatable bonds is 2. The number of ether oxygens (including phenoxy) is 1. The van der Waals surface area contributed by atoms with Gasteiger partial charge in [-0.1, -0.05) is 17.7 Å². The molecule has 0 unspecified atom stereocenters. The summed E-state index contributed by atoms with van der Waals surface area (Å²) in [5.41, 5.74) is 0. The zero-order chi connectivity index (χ0) is 11.5. The number of nitrogens with zero attached hydrogens (tertiary/aromatic N) is 2. The van der Waals surface area contributed by atoms with Crippen molar-refractivity contribution in [2.45, 2.75) is 0 Å². The van der Waals surface area contributed by atoms with Gasteiger partial charge in [0, 0.05) is 12.4 Å². The second-order valence-corrected chi connectivity index (χ2v) is 4.16. The summed E-state index contributed by atoms with van der Waals surface area (Å²) in [6.45, 7) is 0. The zero-order valence-electron chi connectivity index (χ0n) is 7.82. The average molecular weight is 304 g/mol. The van der Waals surface area contributed by atoms with Crippen LogP contribution in [0.4, 0.5) is 4.39 Å². The van der Waals surface area contributed by atoms with Crippen molar-refractivity contribution >= 4 is 27.5 Å². The van der Waals surface area contributed by atoms with Gasteiger partial charge in [-0.05, 0) is 28.1 Å². The van der Waals surface area contributed by atoms with Gasteiger partial charge in [0.25, 0.3) is 0 Å². The van der Waals surface area contributed by atoms with E-state index in [0.29, 0.717) is 4.47 Å². The summed E-state index contributed by atoms with van der Waals surface area (Å²) in [4.78, 5) is 7.71. The molecule has 16 heavy (non-hydrogen) atoms. The minimum Gasteiger partial charge on any atom is -0.421 e. The van der Waals surface area contributed by atoms with Crippen molar-refractivity contribution in [3.8, 4) is 11.8 Å². The number of hydrogen-bond donors (Lipinski definition) is 0. The van der Waals surface area contributed by atoms with Crippen LogP contribution in [0.15, 0.2) is 35.1 Å². The van der Waals surface area contributed by atoms with Crippen molar-refractivity contribution in [1.29, 1.82) is 0 Å². The van der Waals surface area contributed by atoms with Gasteiger partial charge in [-0.25, -0.2) is 14.4 Å². The quantitative estimate of drug-likeness (QED) is 0.846. The van der Waals surface area contributed by atoms with Gasteiger partial charge in [0.1, 0.15) is 0 Å². The van der Waals surface area contributed by atoms with Crippen molar-refractivity contribution in [2.75, 3.05) is 0 Å². The van der Waals surface area contributed by atoms with E-state index in [-0.39, 0.29) is 16.8 Å². The van der Waals surface area contributed by atoms with Crippen LogP contribution in [0.25, 0.3) is 0 Å². The Kier molecular flexibility index (Phi) is 3.36. The summed E-state index contributed by atoms with van der Waals surface area (Å²) >= 11 is 8.78. The van der Waals surface area contributed by atoms with Crippen molar-refractivity contribution in [3.05, 3.63) is 45.9 Å². The maximum absolute atomic E-state index is 13.4. The average Bonchev–Trinajstić information content (AvgIpc) is 2.28. The van der Waals surface area contributed by atoms with Crippen molar-refractivity contribution in [3.63, 3.8) is 0 Å². The lowest BCUT2D eigenvalue weighted by Crippen LogP contribution is -1.93. The van der Waals surface area contributed by atoms with E-state index in [1.54, 1.807) is 6.07 Å². The number of benzene rings is 1. The zero-order valence-corrected chi connectivity index (χ0v) is 10.2. The van der Waals surface area contributed by atoms with E-state index in [1.807, 2.05) is 0 Å². The van der Waals surface area contributed by atoms with Crippen molar-refractivity contribution in [2.24, 2.45) is 0 Å². The molecule has 0 aliphatic heterocycles. The minimum absolute atomic E-state index is 0.00479. The Labute approximate surface area is 104 Å². The van der Waals surface area contributed by atoms with Crippen LogP contribution in [-0.4, -0.2) is 9.97 Å². The first-order chi connectivity index (χ1) is 7.66. The SMILES string of the molecule is Fc1c(Cl)cccc1Oc1ncc(Br)cn1. The summed E-state index contributed by atoms with van der Waals surface area (Å²) in [7, 11) is 0. The standard InChI is InChI=1S/C10H5BrClFN2O/c11-6-4-14-10(15-5-6)16-8-3-1-2-7(12)9(8)13/h1-5H. The molecule has 1 heterocycles. The van der Waals surface area contributed by atoms with Gasteiger partial charge in [0.15, 0.2) is 11.6 Å². The first kappa shape index (κ1) is 11.3. The fourth-order valence-corrected chi connectivity index (χ4v) is 1.38. The summed E-state index contributed by atoms with van der Waals surface area (Å²) in [5.74, 6) is -0.634. The molecular weight excluding hydrogens is 298 g/mol. The number of halogens is 3. The molecule has 0 fully saturated rings. The van der Waals surface area contributed by atoms with Gasteiger partial charge in [-0.2, -0.15) is 0 Å². The van der Waals surface area contributed by atoms with Crippen LogP contribution >= 0.6 is 27.5 Å². The molecule has 0 aliphatic carbocycles. The third-order valence-electron chi connectivity index (χ3n) is 1.71. The van der Waals surface area contributed by atoms with Crippen molar-refractivity contribution < 1.29 is 9.13 Å². The molecule has 0 spiro atoms. The van der Waals surface area contributed by atoms with Crippen LogP contribution in [0.3, 0.4) is 0 Å². The van der Waals surface area contributed by atoms with E-state index < -0.39 is 5.82 Å². The van der Waals surface area contributed by atoms with Gasteiger partial charge in [-0.3, -0.25) is 0 Å². The molecule has 0 radical (unpaired) electrons. The molecule has 1 aromatic heterocycles. The molecule has 0 saturated carbocycles. The molecule has 0 amide bonds. The fourth-order valence-electron chi connectivity index (χ4n) is 1.01. The van der Waals surface area contributed by atoms with Gasteiger partial charge in [0.2, 0.25) is 0 Å². The predicted octanol–water partition coefficient (Wildman–Crippen LogP) is 3.82. The van der Waals surface area contributed by atoms with Gasteiger partial charge >= 0.3 is 6.01 Å². The maximum Gasteiger partial charge on any atom is 0.322 e. The van der Waals surface area contributed by atoms with E-state index in [9.17, 15) is 4.39 Å². The molecule has 2 aromatic rings. The third kappa shape index (κ3) is 2.48. The Hall–Kier alpha value is -1.20. The second kappa shape index (κ2) is 4.76. The van der Waals surface area contributed by atoms with Crippen LogP contribution in [0, 0.1) is 5.82 Å². The molecular formula is C10H5BrClFN2O. The van der Waals surface area contributed by atoms with Gasteiger partial charge in [0.05, 0.1) is 9.50 Å². The lowest BCUT2D eigenvalue weighted by molar-refractivity contribution is 0.411. The highest BCUT2D eigenvalue weighted by Gasteiger charge is 2.09. The van der Waals surface area contributed by atoms with Crippen LogP contribution in [0.5, 0.6) is 11.8 Å². The van der Waals surface area contributed by atoms with Crippen LogP contribution in [0.1, 0.15) is 0 Å². The van der Waals surface area contributed by atoms with Crippen molar-refractivity contribution in [1.82, 2.24) is 9.97 Å². The molecule has 0 atom stereocenters. The maximum atomic E-state index is 13.4. The van der Waals surface area contributed by atoms with E-state index in [0.717, 1.165) is 0 Å². The highest BCUT2D eigenvalue weighted by atomic mass is 79.9. The molecule has 6 heteroatoms.